The smallest absolute Gasteiger partial charge is 0.0992 e. The van der Waals surface area contributed by atoms with E-state index in [1.165, 1.54) is 24.1 Å². The molecule has 1 aliphatic rings. The molecule has 0 saturated carbocycles. The summed E-state index contributed by atoms with van der Waals surface area (Å²) in [6.07, 6.45) is 3.64. The van der Waals surface area contributed by atoms with Gasteiger partial charge < -0.3 is 4.90 Å². The van der Waals surface area contributed by atoms with Crippen LogP contribution in [0.5, 0.6) is 0 Å². The van der Waals surface area contributed by atoms with Crippen molar-refractivity contribution in [1.82, 2.24) is 0 Å². The number of hydrogen-bond acceptors (Lipinski definition) is 2. The Labute approximate surface area is 84.8 Å². The van der Waals surface area contributed by atoms with Crippen LogP contribution in [0.4, 0.5) is 5.69 Å². The molecule has 14 heavy (non-hydrogen) atoms. The van der Waals surface area contributed by atoms with Crippen molar-refractivity contribution < 1.29 is 0 Å². The van der Waals surface area contributed by atoms with Crippen molar-refractivity contribution in [3.63, 3.8) is 0 Å². The van der Waals surface area contributed by atoms with E-state index in [0.717, 1.165) is 18.5 Å². The Morgan fingerprint density at radius 3 is 3.00 bits per heavy atom. The van der Waals surface area contributed by atoms with Crippen LogP contribution in [0.25, 0.3) is 0 Å². The molecular weight excluding hydrogens is 172 g/mol. The Morgan fingerprint density at radius 2 is 2.21 bits per heavy atom. The van der Waals surface area contributed by atoms with Crippen molar-refractivity contribution in [2.24, 2.45) is 0 Å². The Balaban J connectivity index is 2.45. The highest BCUT2D eigenvalue weighted by atomic mass is 15.1. The van der Waals surface area contributed by atoms with Crippen molar-refractivity contribution >= 4 is 5.69 Å². The van der Waals surface area contributed by atoms with Gasteiger partial charge in [0.2, 0.25) is 0 Å². The zero-order valence-corrected chi connectivity index (χ0v) is 8.45. The van der Waals surface area contributed by atoms with Crippen LogP contribution < -0.4 is 4.90 Å². The number of anilines is 1. The van der Waals surface area contributed by atoms with Crippen molar-refractivity contribution in [3.8, 4) is 6.07 Å². The summed E-state index contributed by atoms with van der Waals surface area (Å²) in [6.45, 7) is 1.10. The molecule has 0 aromatic heterocycles. The monoisotopic (exact) mass is 186 g/mol. The van der Waals surface area contributed by atoms with Crippen LogP contribution in [0, 0.1) is 11.3 Å². The van der Waals surface area contributed by atoms with Gasteiger partial charge in [0.15, 0.2) is 0 Å². The van der Waals surface area contributed by atoms with Gasteiger partial charge in [-0.15, -0.1) is 0 Å². The van der Waals surface area contributed by atoms with Gasteiger partial charge in [-0.1, -0.05) is 6.07 Å². The predicted octanol–water partition coefficient (Wildman–Crippen LogP) is 2.33. The second-order valence-corrected chi connectivity index (χ2v) is 3.83. The van der Waals surface area contributed by atoms with Gasteiger partial charge in [-0.25, -0.2) is 0 Å². The van der Waals surface area contributed by atoms with Crippen LogP contribution in [-0.4, -0.2) is 13.6 Å². The zero-order chi connectivity index (χ0) is 9.97. The molecule has 0 bridgehead atoms. The van der Waals surface area contributed by atoms with Crippen molar-refractivity contribution in [1.29, 1.82) is 5.26 Å². The molecule has 0 saturated heterocycles. The van der Waals surface area contributed by atoms with E-state index in [9.17, 15) is 0 Å². The summed E-state index contributed by atoms with van der Waals surface area (Å²) < 4.78 is 0. The van der Waals surface area contributed by atoms with E-state index < -0.39 is 0 Å². The topological polar surface area (TPSA) is 27.0 Å². The number of hydrogen-bond donors (Lipinski definition) is 0. The van der Waals surface area contributed by atoms with Crippen molar-refractivity contribution in [2.45, 2.75) is 19.3 Å². The third-order valence-corrected chi connectivity index (χ3v) is 2.82. The number of nitrogens with zero attached hydrogens (tertiary/aromatic N) is 2. The quantitative estimate of drug-likeness (QED) is 0.621. The minimum Gasteiger partial charge on any atom is -0.374 e. The lowest BCUT2D eigenvalue weighted by molar-refractivity contribution is 0.750. The first-order valence-electron chi connectivity index (χ1n) is 5.05. The number of benzene rings is 1. The van der Waals surface area contributed by atoms with Crippen LogP contribution in [0.15, 0.2) is 18.2 Å². The molecule has 0 amide bonds. The number of nitriles is 1. The van der Waals surface area contributed by atoms with E-state index in [1.54, 1.807) is 0 Å². The SMILES string of the molecule is CN1CCCCc2ccc(C#N)cc21. The molecule has 0 fully saturated rings. The summed E-state index contributed by atoms with van der Waals surface area (Å²) >= 11 is 0. The Morgan fingerprint density at radius 1 is 1.36 bits per heavy atom. The van der Waals surface area contributed by atoms with E-state index in [4.69, 9.17) is 5.26 Å². The van der Waals surface area contributed by atoms with Crippen LogP contribution in [0.1, 0.15) is 24.0 Å². The molecule has 1 aliphatic heterocycles. The van der Waals surface area contributed by atoms with Crippen LogP contribution in [0.3, 0.4) is 0 Å². The van der Waals surface area contributed by atoms with E-state index in [1.807, 2.05) is 12.1 Å². The molecule has 0 atom stereocenters. The maximum atomic E-state index is 8.83. The first-order chi connectivity index (χ1) is 6.81. The van der Waals surface area contributed by atoms with Gasteiger partial charge in [-0.05, 0) is 37.0 Å². The average molecular weight is 186 g/mol. The molecule has 0 radical (unpaired) electrons. The van der Waals surface area contributed by atoms with Crippen LogP contribution in [0.2, 0.25) is 0 Å². The molecule has 2 nitrogen and oxygen atoms in total. The first kappa shape index (κ1) is 9.08. The lowest BCUT2D eigenvalue weighted by Crippen LogP contribution is -2.17. The summed E-state index contributed by atoms with van der Waals surface area (Å²) in [4.78, 5) is 2.25. The zero-order valence-electron chi connectivity index (χ0n) is 8.45. The number of fused-ring (bicyclic) bond motifs is 1. The Bertz CT molecular complexity index is 376. The van der Waals surface area contributed by atoms with E-state index >= 15 is 0 Å². The highest BCUT2D eigenvalue weighted by Gasteiger charge is 2.11. The second-order valence-electron chi connectivity index (χ2n) is 3.83. The van der Waals surface area contributed by atoms with Gasteiger partial charge in [0.05, 0.1) is 11.6 Å². The molecular formula is C12H14N2. The Hall–Kier alpha value is -1.49. The maximum absolute atomic E-state index is 8.83. The molecule has 1 aromatic carbocycles. The third-order valence-electron chi connectivity index (χ3n) is 2.82. The molecule has 0 unspecified atom stereocenters. The minimum absolute atomic E-state index is 0.762. The predicted molar refractivity (Wildman–Crippen MR) is 57.4 cm³/mol. The number of aryl methyl sites for hydroxylation is 1. The fourth-order valence-electron chi connectivity index (χ4n) is 1.99. The van der Waals surface area contributed by atoms with E-state index in [0.29, 0.717) is 0 Å². The normalized spacial score (nSPS) is 15.6. The molecule has 1 aromatic rings. The summed E-state index contributed by atoms with van der Waals surface area (Å²) in [6, 6.07) is 8.20. The van der Waals surface area contributed by atoms with E-state index in [-0.39, 0.29) is 0 Å². The van der Waals surface area contributed by atoms with Gasteiger partial charge in [-0.2, -0.15) is 5.26 Å². The van der Waals surface area contributed by atoms with Crippen LogP contribution in [-0.2, 0) is 6.42 Å². The summed E-state index contributed by atoms with van der Waals surface area (Å²) in [5.41, 5.74) is 3.38. The fraction of sp³-hybridized carbons (Fsp3) is 0.417. The summed E-state index contributed by atoms with van der Waals surface area (Å²) in [5, 5.41) is 8.83. The highest BCUT2D eigenvalue weighted by molar-refractivity contribution is 5.57. The molecule has 72 valence electrons. The number of rotatable bonds is 0. The summed E-state index contributed by atoms with van der Waals surface area (Å²) in [5.74, 6) is 0. The fourth-order valence-corrected chi connectivity index (χ4v) is 1.99. The van der Waals surface area contributed by atoms with Gasteiger partial charge in [-0.3, -0.25) is 0 Å². The largest absolute Gasteiger partial charge is 0.374 e. The van der Waals surface area contributed by atoms with Crippen molar-refractivity contribution in [2.75, 3.05) is 18.5 Å². The molecule has 0 N–H and O–H groups in total. The van der Waals surface area contributed by atoms with Gasteiger partial charge >= 0.3 is 0 Å². The molecule has 0 aliphatic carbocycles. The average Bonchev–Trinajstić information content (AvgIpc) is 2.40. The molecule has 0 spiro atoms. The Kier molecular flexibility index (Phi) is 2.41. The maximum Gasteiger partial charge on any atom is 0.0992 e. The van der Waals surface area contributed by atoms with Crippen molar-refractivity contribution in [3.05, 3.63) is 29.3 Å². The lowest BCUT2D eigenvalue weighted by atomic mass is 10.1. The van der Waals surface area contributed by atoms with Gasteiger partial charge in [0.25, 0.3) is 0 Å². The third kappa shape index (κ3) is 1.58. The second kappa shape index (κ2) is 3.71. The summed E-state index contributed by atoms with van der Waals surface area (Å²) in [7, 11) is 2.10. The molecule has 2 rings (SSSR count). The standard InChI is InChI=1S/C12H14N2/c1-14-7-3-2-4-11-6-5-10(9-13)8-12(11)14/h5-6,8H,2-4,7H2,1H3. The minimum atomic E-state index is 0.762. The van der Waals surface area contributed by atoms with Crippen LogP contribution >= 0.6 is 0 Å². The highest BCUT2D eigenvalue weighted by Crippen LogP contribution is 2.26. The van der Waals surface area contributed by atoms with Gasteiger partial charge in [0, 0.05) is 19.3 Å². The lowest BCUT2D eigenvalue weighted by Gasteiger charge is -2.19. The van der Waals surface area contributed by atoms with Gasteiger partial charge in [0.1, 0.15) is 0 Å². The first-order valence-corrected chi connectivity index (χ1v) is 5.05. The molecule has 2 heteroatoms. The van der Waals surface area contributed by atoms with E-state index in [2.05, 4.69) is 24.1 Å². The molecule has 1 heterocycles.